The van der Waals surface area contributed by atoms with Gasteiger partial charge in [-0.2, -0.15) is 10.2 Å². The molecule has 126 valence electrons. The van der Waals surface area contributed by atoms with Crippen molar-refractivity contribution < 1.29 is 4.79 Å². The van der Waals surface area contributed by atoms with Gasteiger partial charge in [0.15, 0.2) is 0 Å². The highest BCUT2D eigenvalue weighted by Crippen LogP contribution is 2.24. The molecule has 0 spiro atoms. The third-order valence-electron chi connectivity index (χ3n) is 4.90. The van der Waals surface area contributed by atoms with Crippen molar-refractivity contribution in [2.24, 2.45) is 7.05 Å². The number of piperidine rings is 1. The zero-order valence-electron chi connectivity index (χ0n) is 13.9. The molecule has 0 N–H and O–H groups in total. The molecule has 1 atom stereocenters. The van der Waals surface area contributed by atoms with Gasteiger partial charge in [-0.3, -0.25) is 9.48 Å². The van der Waals surface area contributed by atoms with Crippen LogP contribution in [0.15, 0.2) is 37.1 Å². The Bertz CT molecular complexity index is 831. The van der Waals surface area contributed by atoms with Crippen molar-refractivity contribution in [3.8, 4) is 0 Å². The maximum Gasteiger partial charge on any atom is 0.259 e. The quantitative estimate of drug-likeness (QED) is 0.736. The number of aromatic nitrogens is 5. The van der Waals surface area contributed by atoms with Crippen LogP contribution in [0.2, 0.25) is 0 Å². The minimum Gasteiger partial charge on any atom is -0.335 e. The van der Waals surface area contributed by atoms with E-state index in [1.807, 2.05) is 45.9 Å². The molecule has 0 aromatic carbocycles. The number of nitrogens with zero attached hydrogens (tertiary/aromatic N) is 6. The lowest BCUT2D eigenvalue weighted by Crippen LogP contribution is -2.44. The van der Waals surface area contributed by atoms with Gasteiger partial charge in [0.2, 0.25) is 0 Å². The topological polar surface area (TPSA) is 60.4 Å². The molecule has 1 amide bonds. The van der Waals surface area contributed by atoms with Crippen LogP contribution in [-0.2, 0) is 13.6 Å². The molecule has 24 heavy (non-hydrogen) atoms. The van der Waals surface area contributed by atoms with Gasteiger partial charge in [0, 0.05) is 51.0 Å². The highest BCUT2D eigenvalue weighted by molar-refractivity contribution is 6.00. The lowest BCUT2D eigenvalue weighted by atomic mass is 9.98. The number of imidazole rings is 1. The van der Waals surface area contributed by atoms with Gasteiger partial charge in [0.05, 0.1) is 6.20 Å². The molecule has 1 aliphatic rings. The summed E-state index contributed by atoms with van der Waals surface area (Å²) in [4.78, 5) is 15.2. The Balaban J connectivity index is 1.55. The van der Waals surface area contributed by atoms with Gasteiger partial charge >= 0.3 is 0 Å². The Morgan fingerprint density at radius 2 is 2.17 bits per heavy atom. The molecule has 7 nitrogen and oxygen atoms in total. The number of fused-ring (bicyclic) bond motifs is 1. The van der Waals surface area contributed by atoms with E-state index in [-0.39, 0.29) is 11.9 Å². The summed E-state index contributed by atoms with van der Waals surface area (Å²) >= 11 is 0. The number of carbonyl (C=O) groups excluding carboxylic acids is 1. The zero-order chi connectivity index (χ0) is 16.5. The Labute approximate surface area is 140 Å². The second-order valence-electron chi connectivity index (χ2n) is 6.44. The number of amides is 1. The van der Waals surface area contributed by atoms with Crippen molar-refractivity contribution in [2.75, 3.05) is 6.54 Å². The monoisotopic (exact) mass is 326 g/mol. The molecular weight excluding hydrogens is 304 g/mol. The first-order chi connectivity index (χ1) is 11.7. The van der Waals surface area contributed by atoms with Gasteiger partial charge in [-0.25, -0.2) is 4.52 Å². The first-order valence-corrected chi connectivity index (χ1v) is 8.51. The third kappa shape index (κ3) is 2.60. The second-order valence-corrected chi connectivity index (χ2v) is 6.44. The summed E-state index contributed by atoms with van der Waals surface area (Å²) in [5, 5.41) is 8.56. The highest BCUT2D eigenvalue weighted by atomic mass is 16.2. The molecular formula is C17H22N6O. The van der Waals surface area contributed by atoms with E-state index in [9.17, 15) is 4.79 Å². The number of aryl methyl sites for hydroxylation is 2. The number of rotatable bonds is 4. The maximum absolute atomic E-state index is 13.1. The van der Waals surface area contributed by atoms with Gasteiger partial charge in [-0.15, -0.1) is 0 Å². The van der Waals surface area contributed by atoms with Crippen LogP contribution in [0.1, 0.15) is 36.0 Å². The van der Waals surface area contributed by atoms with E-state index >= 15 is 0 Å². The zero-order valence-corrected chi connectivity index (χ0v) is 13.9. The standard InChI is InChI=1S/C17H22N6O/c1-20-11-12-23-16(20)15(13-19-23)17(24)22-9-3-2-5-14(22)6-10-21-8-4-7-18-21/h4,7-8,11-14H,2-3,5-6,9-10H2,1H3. The van der Waals surface area contributed by atoms with E-state index in [4.69, 9.17) is 0 Å². The Morgan fingerprint density at radius 3 is 3.00 bits per heavy atom. The molecule has 0 bridgehead atoms. The van der Waals surface area contributed by atoms with Crippen LogP contribution in [-0.4, -0.2) is 47.4 Å². The Kier molecular flexibility index (Phi) is 3.84. The molecule has 0 aliphatic carbocycles. The van der Waals surface area contributed by atoms with Gasteiger partial charge < -0.3 is 9.47 Å². The van der Waals surface area contributed by atoms with Crippen molar-refractivity contribution in [3.05, 3.63) is 42.6 Å². The molecule has 1 unspecified atom stereocenters. The van der Waals surface area contributed by atoms with Crippen molar-refractivity contribution in [2.45, 2.75) is 38.3 Å². The molecule has 1 aliphatic heterocycles. The van der Waals surface area contributed by atoms with E-state index in [0.717, 1.165) is 38.0 Å². The van der Waals surface area contributed by atoms with Crippen LogP contribution in [0.3, 0.4) is 0 Å². The van der Waals surface area contributed by atoms with E-state index in [2.05, 4.69) is 10.2 Å². The SMILES string of the molecule is Cn1ccn2ncc(C(=O)N3CCCCC3CCn3cccn3)c12. The van der Waals surface area contributed by atoms with Crippen molar-refractivity contribution in [3.63, 3.8) is 0 Å². The number of hydrogen-bond donors (Lipinski definition) is 0. The summed E-state index contributed by atoms with van der Waals surface area (Å²) in [6, 6.07) is 2.20. The fourth-order valence-electron chi connectivity index (χ4n) is 3.64. The van der Waals surface area contributed by atoms with Crippen LogP contribution < -0.4 is 0 Å². The first-order valence-electron chi connectivity index (χ1n) is 8.51. The summed E-state index contributed by atoms with van der Waals surface area (Å²) in [5.74, 6) is 0.0944. The van der Waals surface area contributed by atoms with Crippen molar-refractivity contribution in [1.29, 1.82) is 0 Å². The Hall–Kier alpha value is -2.57. The molecule has 3 aromatic rings. The largest absolute Gasteiger partial charge is 0.335 e. The van der Waals surface area contributed by atoms with Crippen LogP contribution >= 0.6 is 0 Å². The Morgan fingerprint density at radius 1 is 1.25 bits per heavy atom. The lowest BCUT2D eigenvalue weighted by Gasteiger charge is -2.35. The average molecular weight is 326 g/mol. The van der Waals surface area contributed by atoms with Crippen LogP contribution in [0.25, 0.3) is 5.65 Å². The predicted octanol–water partition coefficient (Wildman–Crippen LogP) is 1.95. The second kappa shape index (κ2) is 6.14. The van der Waals surface area contributed by atoms with Gasteiger partial charge in [0.25, 0.3) is 5.91 Å². The number of hydrogen-bond acceptors (Lipinski definition) is 3. The molecule has 0 saturated carbocycles. The summed E-state index contributed by atoms with van der Waals surface area (Å²) < 4.78 is 5.64. The molecule has 4 heterocycles. The lowest BCUT2D eigenvalue weighted by molar-refractivity contribution is 0.0595. The molecule has 1 saturated heterocycles. The van der Waals surface area contributed by atoms with Crippen molar-refractivity contribution in [1.82, 2.24) is 28.9 Å². The molecule has 4 rings (SSSR count). The predicted molar refractivity (Wildman–Crippen MR) is 89.7 cm³/mol. The maximum atomic E-state index is 13.1. The molecule has 1 fully saturated rings. The fourth-order valence-corrected chi connectivity index (χ4v) is 3.64. The summed E-state index contributed by atoms with van der Waals surface area (Å²) in [7, 11) is 1.94. The smallest absolute Gasteiger partial charge is 0.259 e. The summed E-state index contributed by atoms with van der Waals surface area (Å²) in [5.41, 5.74) is 1.55. The molecule has 3 aromatic heterocycles. The van der Waals surface area contributed by atoms with Gasteiger partial charge in [0.1, 0.15) is 11.2 Å². The highest BCUT2D eigenvalue weighted by Gasteiger charge is 2.29. The third-order valence-corrected chi connectivity index (χ3v) is 4.90. The normalized spacial score (nSPS) is 18.4. The van der Waals surface area contributed by atoms with Crippen molar-refractivity contribution >= 4 is 11.6 Å². The first kappa shape index (κ1) is 15.0. The van der Waals surface area contributed by atoms with Crippen LogP contribution in [0.4, 0.5) is 0 Å². The van der Waals surface area contributed by atoms with E-state index in [0.29, 0.717) is 5.56 Å². The van der Waals surface area contributed by atoms with Crippen LogP contribution in [0.5, 0.6) is 0 Å². The summed E-state index contributed by atoms with van der Waals surface area (Å²) in [6.45, 7) is 1.67. The number of carbonyl (C=O) groups is 1. The molecule has 0 radical (unpaired) electrons. The van der Waals surface area contributed by atoms with E-state index in [1.54, 1.807) is 16.9 Å². The molecule has 7 heteroatoms. The minimum atomic E-state index is 0.0944. The van der Waals surface area contributed by atoms with Gasteiger partial charge in [-0.05, 0) is 31.7 Å². The average Bonchev–Trinajstić information content (AvgIpc) is 3.32. The van der Waals surface area contributed by atoms with E-state index < -0.39 is 0 Å². The summed E-state index contributed by atoms with van der Waals surface area (Å²) in [6.07, 6.45) is 13.5. The van der Waals surface area contributed by atoms with E-state index in [1.165, 1.54) is 6.42 Å². The number of likely N-dealkylation sites (tertiary alicyclic amines) is 1. The van der Waals surface area contributed by atoms with Gasteiger partial charge in [-0.1, -0.05) is 0 Å². The minimum absolute atomic E-state index is 0.0944. The fraction of sp³-hybridized carbons (Fsp3) is 0.471. The van der Waals surface area contributed by atoms with Crippen LogP contribution in [0, 0.1) is 0 Å².